The first-order valence-electron chi connectivity index (χ1n) is 8.54. The lowest BCUT2D eigenvalue weighted by atomic mass is 9.99. The second-order valence-electron chi connectivity index (χ2n) is 6.53. The summed E-state index contributed by atoms with van der Waals surface area (Å²) in [6.45, 7) is 3.57. The second-order valence-corrected chi connectivity index (χ2v) is 7.67. The topological polar surface area (TPSA) is 24.1 Å². The Labute approximate surface area is 133 Å². The summed E-state index contributed by atoms with van der Waals surface area (Å²) in [5.74, 6) is 1.24. The van der Waals surface area contributed by atoms with E-state index in [-0.39, 0.29) is 0 Å². The minimum Gasteiger partial charge on any atom is -0.314 e. The Hall–Kier alpha value is -0.510. The molecule has 0 bridgehead atoms. The van der Waals surface area contributed by atoms with Gasteiger partial charge in [0, 0.05) is 23.0 Å². The van der Waals surface area contributed by atoms with Gasteiger partial charge in [-0.25, -0.2) is 0 Å². The Balaban J connectivity index is 1.56. The zero-order chi connectivity index (χ0) is 14.5. The molecule has 0 spiro atoms. The van der Waals surface area contributed by atoms with Crippen LogP contribution in [0, 0.1) is 0 Å². The van der Waals surface area contributed by atoms with Gasteiger partial charge in [0.25, 0.3) is 0 Å². The summed E-state index contributed by atoms with van der Waals surface area (Å²) in [4.78, 5) is 1.47. The van der Waals surface area contributed by atoms with E-state index in [4.69, 9.17) is 0 Å². The summed E-state index contributed by atoms with van der Waals surface area (Å²) in [6.07, 6.45) is 8.01. The number of hydrogen-bond donors (Lipinski definition) is 2. The molecule has 0 aliphatic carbocycles. The summed E-state index contributed by atoms with van der Waals surface area (Å²) in [6, 6.07) is 10.7. The fourth-order valence-corrected chi connectivity index (χ4v) is 4.78. The predicted molar refractivity (Wildman–Crippen MR) is 92.0 cm³/mol. The Morgan fingerprint density at radius 1 is 1.24 bits per heavy atom. The van der Waals surface area contributed by atoms with Gasteiger partial charge in [0.2, 0.25) is 0 Å². The van der Waals surface area contributed by atoms with E-state index in [2.05, 4.69) is 41.8 Å². The number of fused-ring (bicyclic) bond motifs is 1. The third-order valence-corrected chi connectivity index (χ3v) is 5.87. The van der Waals surface area contributed by atoms with E-state index in [1.54, 1.807) is 0 Å². The largest absolute Gasteiger partial charge is 0.314 e. The fourth-order valence-electron chi connectivity index (χ4n) is 3.66. The van der Waals surface area contributed by atoms with E-state index in [1.807, 2.05) is 11.8 Å². The van der Waals surface area contributed by atoms with Gasteiger partial charge in [-0.3, -0.25) is 0 Å². The van der Waals surface area contributed by atoms with Gasteiger partial charge in [0.1, 0.15) is 0 Å². The minimum absolute atomic E-state index is 0.545. The van der Waals surface area contributed by atoms with E-state index in [0.717, 1.165) is 0 Å². The molecule has 21 heavy (non-hydrogen) atoms. The molecule has 0 radical (unpaired) electrons. The van der Waals surface area contributed by atoms with Crippen LogP contribution in [0.25, 0.3) is 0 Å². The zero-order valence-electron chi connectivity index (χ0n) is 13.1. The average molecular weight is 305 g/mol. The highest BCUT2D eigenvalue weighted by Gasteiger charge is 2.23. The van der Waals surface area contributed by atoms with Crippen molar-refractivity contribution in [2.45, 2.75) is 68.5 Å². The summed E-state index contributed by atoms with van der Waals surface area (Å²) in [5.41, 5.74) is 1.51. The van der Waals surface area contributed by atoms with Crippen LogP contribution in [0.4, 0.5) is 0 Å². The normalized spacial score (nSPS) is 27.7. The lowest BCUT2D eigenvalue weighted by molar-refractivity contribution is 0.365. The van der Waals surface area contributed by atoms with E-state index < -0.39 is 0 Å². The molecule has 0 saturated carbocycles. The number of nitrogens with one attached hydrogen (secondary N) is 2. The molecule has 1 fully saturated rings. The molecule has 3 unspecified atom stereocenters. The van der Waals surface area contributed by atoms with Gasteiger partial charge in [0.05, 0.1) is 0 Å². The molecular formula is C18H28N2S. The van der Waals surface area contributed by atoms with Gasteiger partial charge in [-0.1, -0.05) is 31.0 Å². The molecule has 0 amide bonds. The average Bonchev–Trinajstić information content (AvgIpc) is 2.76. The minimum atomic E-state index is 0.545. The standard InChI is InChI=1S/C18H28N2S/c1-14(13-15-7-3-2-6-11-19-15)20-17-10-12-21-18-9-5-4-8-16(17)18/h4-5,8-9,14-15,17,19-20H,2-3,6-7,10-13H2,1H3. The van der Waals surface area contributed by atoms with E-state index in [0.29, 0.717) is 18.1 Å². The molecule has 1 aromatic rings. The van der Waals surface area contributed by atoms with Gasteiger partial charge in [-0.15, -0.1) is 11.8 Å². The molecule has 1 aromatic carbocycles. The number of benzene rings is 1. The van der Waals surface area contributed by atoms with E-state index in [9.17, 15) is 0 Å². The van der Waals surface area contributed by atoms with Crippen LogP contribution in [0.15, 0.2) is 29.2 Å². The maximum atomic E-state index is 3.89. The van der Waals surface area contributed by atoms with Crippen LogP contribution in [0.1, 0.15) is 57.1 Å². The number of hydrogen-bond acceptors (Lipinski definition) is 3. The first kappa shape index (κ1) is 15.4. The summed E-state index contributed by atoms with van der Waals surface area (Å²) in [5, 5.41) is 7.61. The number of thioether (sulfide) groups is 1. The molecule has 2 aliphatic rings. The molecular weight excluding hydrogens is 276 g/mol. The Morgan fingerprint density at radius 3 is 3.10 bits per heavy atom. The first-order chi connectivity index (χ1) is 10.3. The van der Waals surface area contributed by atoms with Crippen molar-refractivity contribution < 1.29 is 0 Å². The Kier molecular flexibility index (Phi) is 5.61. The van der Waals surface area contributed by atoms with Gasteiger partial charge < -0.3 is 10.6 Å². The maximum absolute atomic E-state index is 3.89. The monoisotopic (exact) mass is 304 g/mol. The third-order valence-electron chi connectivity index (χ3n) is 4.74. The Morgan fingerprint density at radius 2 is 2.14 bits per heavy atom. The lowest BCUT2D eigenvalue weighted by Gasteiger charge is -2.30. The molecule has 1 saturated heterocycles. The van der Waals surface area contributed by atoms with Crippen molar-refractivity contribution in [3.8, 4) is 0 Å². The van der Waals surface area contributed by atoms with Crippen LogP contribution >= 0.6 is 11.8 Å². The summed E-state index contributed by atoms with van der Waals surface area (Å²) >= 11 is 2.01. The van der Waals surface area contributed by atoms with Crippen molar-refractivity contribution in [2.75, 3.05) is 12.3 Å². The highest BCUT2D eigenvalue weighted by atomic mass is 32.2. The molecule has 116 valence electrons. The van der Waals surface area contributed by atoms with Crippen LogP contribution < -0.4 is 10.6 Å². The van der Waals surface area contributed by atoms with Crippen LogP contribution in [0.2, 0.25) is 0 Å². The van der Waals surface area contributed by atoms with Gasteiger partial charge in [-0.05, 0) is 56.5 Å². The van der Waals surface area contributed by atoms with Crippen LogP contribution in [-0.2, 0) is 0 Å². The van der Waals surface area contributed by atoms with Crippen molar-refractivity contribution in [1.29, 1.82) is 0 Å². The first-order valence-corrected chi connectivity index (χ1v) is 9.52. The third kappa shape index (κ3) is 4.24. The highest BCUT2D eigenvalue weighted by molar-refractivity contribution is 7.99. The fraction of sp³-hybridized carbons (Fsp3) is 0.667. The van der Waals surface area contributed by atoms with Gasteiger partial charge in [-0.2, -0.15) is 0 Å². The lowest BCUT2D eigenvalue weighted by Crippen LogP contribution is -2.39. The summed E-state index contributed by atoms with van der Waals surface area (Å²) < 4.78 is 0. The van der Waals surface area contributed by atoms with E-state index >= 15 is 0 Å². The van der Waals surface area contributed by atoms with Gasteiger partial charge in [0.15, 0.2) is 0 Å². The van der Waals surface area contributed by atoms with Crippen LogP contribution in [0.5, 0.6) is 0 Å². The second kappa shape index (κ2) is 7.66. The molecule has 3 atom stereocenters. The van der Waals surface area contributed by atoms with Crippen molar-refractivity contribution >= 4 is 11.8 Å². The van der Waals surface area contributed by atoms with Crippen molar-refractivity contribution in [3.63, 3.8) is 0 Å². The Bertz CT molecular complexity index is 441. The molecule has 2 nitrogen and oxygen atoms in total. The molecule has 2 heterocycles. The zero-order valence-corrected chi connectivity index (χ0v) is 13.9. The predicted octanol–water partition coefficient (Wildman–Crippen LogP) is 4.12. The maximum Gasteiger partial charge on any atom is 0.0341 e. The highest BCUT2D eigenvalue weighted by Crippen LogP contribution is 2.36. The molecule has 2 aliphatic heterocycles. The van der Waals surface area contributed by atoms with Crippen LogP contribution in [0.3, 0.4) is 0 Å². The van der Waals surface area contributed by atoms with Gasteiger partial charge >= 0.3 is 0 Å². The molecule has 0 aromatic heterocycles. The van der Waals surface area contributed by atoms with Crippen molar-refractivity contribution in [2.24, 2.45) is 0 Å². The quantitative estimate of drug-likeness (QED) is 0.875. The van der Waals surface area contributed by atoms with E-state index in [1.165, 1.54) is 61.3 Å². The van der Waals surface area contributed by atoms with Crippen LogP contribution in [-0.4, -0.2) is 24.4 Å². The smallest absolute Gasteiger partial charge is 0.0341 e. The number of rotatable bonds is 4. The molecule has 3 rings (SSSR count). The summed E-state index contributed by atoms with van der Waals surface area (Å²) in [7, 11) is 0. The SMILES string of the molecule is CC(CC1CCCCCN1)NC1CCSc2ccccc21. The molecule has 3 heteroatoms. The molecule has 2 N–H and O–H groups in total. The van der Waals surface area contributed by atoms with Crippen molar-refractivity contribution in [3.05, 3.63) is 29.8 Å². The van der Waals surface area contributed by atoms with Crippen molar-refractivity contribution in [1.82, 2.24) is 10.6 Å².